The summed E-state index contributed by atoms with van der Waals surface area (Å²) < 4.78 is 27.0. The SMILES string of the molecule is CCCN(CCC)S(=O)(=O)c1ccc(C(=O)N2CCC(N)CC2)cc1.Cl. The molecule has 0 aromatic heterocycles. The lowest BCUT2D eigenvalue weighted by Crippen LogP contribution is -2.42. The van der Waals surface area contributed by atoms with E-state index in [0.29, 0.717) is 31.7 Å². The van der Waals surface area contributed by atoms with E-state index in [-0.39, 0.29) is 29.3 Å². The molecule has 1 aliphatic rings. The van der Waals surface area contributed by atoms with Gasteiger partial charge in [-0.15, -0.1) is 12.4 Å². The van der Waals surface area contributed by atoms with Gasteiger partial charge in [-0.25, -0.2) is 8.42 Å². The van der Waals surface area contributed by atoms with Gasteiger partial charge in [0, 0.05) is 37.8 Å². The van der Waals surface area contributed by atoms with E-state index in [2.05, 4.69) is 0 Å². The van der Waals surface area contributed by atoms with Gasteiger partial charge in [0.2, 0.25) is 10.0 Å². The highest BCUT2D eigenvalue weighted by atomic mass is 35.5. The summed E-state index contributed by atoms with van der Waals surface area (Å²) in [4.78, 5) is 14.6. The van der Waals surface area contributed by atoms with Gasteiger partial charge in [0.05, 0.1) is 4.90 Å². The molecule has 1 aromatic carbocycles. The smallest absolute Gasteiger partial charge is 0.253 e. The Morgan fingerprint density at radius 1 is 1.12 bits per heavy atom. The number of halogens is 1. The average molecular weight is 404 g/mol. The average Bonchev–Trinajstić information content (AvgIpc) is 2.61. The van der Waals surface area contributed by atoms with Crippen LogP contribution in [0.3, 0.4) is 0 Å². The minimum Gasteiger partial charge on any atom is -0.339 e. The van der Waals surface area contributed by atoms with Gasteiger partial charge in [-0.1, -0.05) is 13.8 Å². The standard InChI is InChI=1S/C18H29N3O3S.ClH/c1-3-11-21(12-4-2)25(23,24)17-7-5-15(6-8-17)18(22)20-13-9-16(19)10-14-20;/h5-8,16H,3-4,9-14,19H2,1-2H3;1H. The van der Waals surface area contributed by atoms with Gasteiger partial charge in [0.1, 0.15) is 0 Å². The van der Waals surface area contributed by atoms with E-state index in [4.69, 9.17) is 5.73 Å². The molecular formula is C18H30ClN3O3S. The van der Waals surface area contributed by atoms with E-state index in [1.165, 1.54) is 16.4 Å². The van der Waals surface area contributed by atoms with Crippen molar-refractivity contribution in [2.45, 2.75) is 50.5 Å². The Balaban J connectivity index is 0.00000338. The van der Waals surface area contributed by atoms with Gasteiger partial charge in [-0.05, 0) is 49.9 Å². The number of hydrogen-bond donors (Lipinski definition) is 1. The lowest BCUT2D eigenvalue weighted by atomic mass is 10.1. The zero-order valence-corrected chi connectivity index (χ0v) is 17.2. The Labute approximate surface area is 163 Å². The van der Waals surface area contributed by atoms with Crippen LogP contribution in [0.4, 0.5) is 0 Å². The maximum Gasteiger partial charge on any atom is 0.253 e. The third-order valence-electron chi connectivity index (χ3n) is 4.51. The number of amides is 1. The van der Waals surface area contributed by atoms with E-state index in [0.717, 1.165) is 25.7 Å². The number of nitrogens with zero attached hydrogens (tertiary/aromatic N) is 2. The summed E-state index contributed by atoms with van der Waals surface area (Å²) in [5, 5.41) is 0. The molecule has 8 heteroatoms. The molecule has 1 aliphatic heterocycles. The summed E-state index contributed by atoms with van der Waals surface area (Å²) in [6.45, 7) is 6.24. The first-order valence-corrected chi connectivity index (χ1v) is 10.5. The van der Waals surface area contributed by atoms with E-state index in [9.17, 15) is 13.2 Å². The molecule has 0 bridgehead atoms. The molecule has 6 nitrogen and oxygen atoms in total. The molecule has 1 saturated heterocycles. The molecule has 0 saturated carbocycles. The second kappa shape index (κ2) is 10.3. The first-order chi connectivity index (χ1) is 11.9. The highest BCUT2D eigenvalue weighted by Gasteiger charge is 2.25. The molecule has 0 unspecified atom stereocenters. The largest absolute Gasteiger partial charge is 0.339 e. The number of nitrogens with two attached hydrogens (primary N) is 1. The van der Waals surface area contributed by atoms with Gasteiger partial charge in [-0.2, -0.15) is 4.31 Å². The van der Waals surface area contributed by atoms with E-state index in [1.807, 2.05) is 13.8 Å². The molecular weight excluding hydrogens is 374 g/mol. The molecule has 1 amide bonds. The number of rotatable bonds is 7. The van der Waals surface area contributed by atoms with Crippen LogP contribution in [-0.2, 0) is 10.0 Å². The predicted octanol–water partition coefficient (Wildman–Crippen LogP) is 2.48. The second-order valence-corrected chi connectivity index (χ2v) is 8.50. The summed E-state index contributed by atoms with van der Waals surface area (Å²) in [7, 11) is -3.51. The number of sulfonamides is 1. The normalized spacial score (nSPS) is 15.8. The van der Waals surface area contributed by atoms with Crippen LogP contribution in [0.5, 0.6) is 0 Å². The highest BCUT2D eigenvalue weighted by Crippen LogP contribution is 2.19. The van der Waals surface area contributed by atoms with Crippen LogP contribution in [-0.4, -0.2) is 55.8 Å². The predicted molar refractivity (Wildman–Crippen MR) is 106 cm³/mol. The van der Waals surface area contributed by atoms with Gasteiger partial charge >= 0.3 is 0 Å². The fourth-order valence-electron chi connectivity index (χ4n) is 3.05. The molecule has 2 N–H and O–H groups in total. The quantitative estimate of drug-likeness (QED) is 0.757. The maximum absolute atomic E-state index is 12.7. The fraction of sp³-hybridized carbons (Fsp3) is 0.611. The molecule has 26 heavy (non-hydrogen) atoms. The van der Waals surface area contributed by atoms with Crippen molar-refractivity contribution in [2.24, 2.45) is 5.73 Å². The van der Waals surface area contributed by atoms with Crippen molar-refractivity contribution in [3.63, 3.8) is 0 Å². The van der Waals surface area contributed by atoms with Gasteiger partial charge in [0.25, 0.3) is 5.91 Å². The molecule has 0 radical (unpaired) electrons. The summed E-state index contributed by atoms with van der Waals surface area (Å²) in [6, 6.07) is 6.46. The molecule has 0 aliphatic carbocycles. The molecule has 1 aromatic rings. The first kappa shape index (κ1) is 22.9. The molecule has 1 fully saturated rings. The van der Waals surface area contributed by atoms with Crippen LogP contribution in [0.1, 0.15) is 49.9 Å². The number of hydrogen-bond acceptors (Lipinski definition) is 4. The minimum atomic E-state index is -3.51. The maximum atomic E-state index is 12.7. The topological polar surface area (TPSA) is 83.7 Å². The second-order valence-electron chi connectivity index (χ2n) is 6.56. The van der Waals surface area contributed by atoms with Crippen molar-refractivity contribution in [3.05, 3.63) is 29.8 Å². The van der Waals surface area contributed by atoms with E-state index >= 15 is 0 Å². The zero-order chi connectivity index (χ0) is 18.4. The minimum absolute atomic E-state index is 0. The number of carbonyl (C=O) groups is 1. The Morgan fingerprint density at radius 2 is 1.62 bits per heavy atom. The lowest BCUT2D eigenvalue weighted by molar-refractivity contribution is 0.0714. The molecule has 2 rings (SSSR count). The summed E-state index contributed by atoms with van der Waals surface area (Å²) >= 11 is 0. The van der Waals surface area contributed by atoms with Crippen LogP contribution in [0.15, 0.2) is 29.2 Å². The molecule has 0 spiro atoms. The molecule has 1 heterocycles. The van der Waals surface area contributed by atoms with Crippen LogP contribution in [0, 0.1) is 0 Å². The van der Waals surface area contributed by atoms with Crippen molar-refractivity contribution in [1.82, 2.24) is 9.21 Å². The molecule has 148 valence electrons. The van der Waals surface area contributed by atoms with Crippen molar-refractivity contribution in [2.75, 3.05) is 26.2 Å². The fourth-order valence-corrected chi connectivity index (χ4v) is 4.68. The highest BCUT2D eigenvalue weighted by molar-refractivity contribution is 7.89. The number of carbonyl (C=O) groups excluding carboxylic acids is 1. The summed E-state index contributed by atoms with van der Waals surface area (Å²) in [5.41, 5.74) is 6.39. The van der Waals surface area contributed by atoms with Crippen molar-refractivity contribution < 1.29 is 13.2 Å². The van der Waals surface area contributed by atoms with Crippen LogP contribution in [0.25, 0.3) is 0 Å². The third-order valence-corrected chi connectivity index (χ3v) is 6.42. The Hall–Kier alpha value is -1.15. The molecule has 0 atom stereocenters. The van der Waals surface area contributed by atoms with Crippen LogP contribution in [0.2, 0.25) is 0 Å². The Morgan fingerprint density at radius 3 is 2.08 bits per heavy atom. The lowest BCUT2D eigenvalue weighted by Gasteiger charge is -2.30. The number of likely N-dealkylation sites (tertiary alicyclic amines) is 1. The van der Waals surface area contributed by atoms with E-state index < -0.39 is 10.0 Å². The summed E-state index contributed by atoms with van der Waals surface area (Å²) in [5.74, 6) is -0.0604. The Bertz CT molecular complexity index is 665. The van der Waals surface area contributed by atoms with Gasteiger partial charge in [0.15, 0.2) is 0 Å². The van der Waals surface area contributed by atoms with Crippen molar-refractivity contribution in [1.29, 1.82) is 0 Å². The zero-order valence-electron chi connectivity index (χ0n) is 15.6. The van der Waals surface area contributed by atoms with Crippen molar-refractivity contribution >= 4 is 28.3 Å². The number of piperidine rings is 1. The summed E-state index contributed by atoms with van der Waals surface area (Å²) in [6.07, 6.45) is 3.15. The number of benzene rings is 1. The Kier molecular flexibility index (Phi) is 9.03. The van der Waals surface area contributed by atoms with Crippen molar-refractivity contribution in [3.8, 4) is 0 Å². The van der Waals surface area contributed by atoms with Gasteiger partial charge in [-0.3, -0.25) is 4.79 Å². The van der Waals surface area contributed by atoms with Gasteiger partial charge < -0.3 is 10.6 Å². The monoisotopic (exact) mass is 403 g/mol. The van der Waals surface area contributed by atoms with Crippen LogP contribution < -0.4 is 5.73 Å². The van der Waals surface area contributed by atoms with E-state index in [1.54, 1.807) is 17.0 Å². The first-order valence-electron chi connectivity index (χ1n) is 9.05. The third kappa shape index (κ3) is 5.42. The van der Waals surface area contributed by atoms with Crippen LogP contribution >= 0.6 is 12.4 Å².